The van der Waals surface area contributed by atoms with Crippen molar-refractivity contribution < 1.29 is 9.26 Å². The largest absolute Gasteiger partial charge is 0.474 e. The van der Waals surface area contributed by atoms with E-state index >= 15 is 0 Å². The van der Waals surface area contributed by atoms with Gasteiger partial charge in [0.25, 0.3) is 5.89 Å². The summed E-state index contributed by atoms with van der Waals surface area (Å²) in [6, 6.07) is 1.67. The van der Waals surface area contributed by atoms with E-state index in [0.29, 0.717) is 27.1 Å². The molecule has 0 radical (unpaired) electrons. The van der Waals surface area contributed by atoms with Crippen LogP contribution in [0.1, 0.15) is 13.8 Å². The normalized spacial score (nSPS) is 10.9. The van der Waals surface area contributed by atoms with E-state index < -0.39 is 0 Å². The molecule has 2 heterocycles. The Kier molecular flexibility index (Phi) is 3.63. The predicted octanol–water partition coefficient (Wildman–Crippen LogP) is 3.33. The van der Waals surface area contributed by atoms with E-state index in [1.165, 1.54) is 0 Å². The Hall–Kier alpha value is -1.14. The number of pyridine rings is 1. The van der Waals surface area contributed by atoms with E-state index in [2.05, 4.69) is 31.1 Å². The van der Waals surface area contributed by atoms with Gasteiger partial charge in [-0.3, -0.25) is 0 Å². The van der Waals surface area contributed by atoms with Gasteiger partial charge in [0.15, 0.2) is 0 Å². The molecule has 0 saturated heterocycles. The summed E-state index contributed by atoms with van der Waals surface area (Å²) in [6.45, 7) is 3.81. The number of hydrogen-bond acceptors (Lipinski definition) is 5. The van der Waals surface area contributed by atoms with Crippen molar-refractivity contribution in [3.63, 3.8) is 0 Å². The van der Waals surface area contributed by atoms with E-state index in [9.17, 15) is 0 Å². The molecule has 0 N–H and O–H groups in total. The Morgan fingerprint density at radius 3 is 2.76 bits per heavy atom. The second-order valence-electron chi connectivity index (χ2n) is 3.55. The van der Waals surface area contributed by atoms with Crippen LogP contribution in [0.5, 0.6) is 5.88 Å². The highest BCUT2D eigenvalue weighted by Crippen LogP contribution is 2.28. The van der Waals surface area contributed by atoms with Crippen LogP contribution in [-0.2, 0) is 0 Å². The fourth-order valence-corrected chi connectivity index (χ4v) is 1.62. The lowest BCUT2D eigenvalue weighted by atomic mass is 10.3. The highest BCUT2D eigenvalue weighted by molar-refractivity contribution is 9.10. The molecule has 5 nitrogen and oxygen atoms in total. The molecule has 17 heavy (non-hydrogen) atoms. The Bertz CT molecular complexity index is 530. The second kappa shape index (κ2) is 5.01. The molecule has 0 amide bonds. The third kappa shape index (κ3) is 2.95. The molecule has 2 aromatic rings. The molecule has 0 atom stereocenters. The van der Waals surface area contributed by atoms with Gasteiger partial charge < -0.3 is 9.26 Å². The summed E-state index contributed by atoms with van der Waals surface area (Å²) in [5.41, 5.74) is 0.643. The molecule has 0 saturated carbocycles. The summed E-state index contributed by atoms with van der Waals surface area (Å²) in [7, 11) is 0. The minimum atomic E-state index is 0.0170. The average molecular weight is 319 g/mol. The van der Waals surface area contributed by atoms with Crippen molar-refractivity contribution in [1.82, 2.24) is 15.1 Å². The van der Waals surface area contributed by atoms with Crippen molar-refractivity contribution in [2.45, 2.75) is 20.0 Å². The highest BCUT2D eigenvalue weighted by Gasteiger charge is 2.12. The molecule has 90 valence electrons. The van der Waals surface area contributed by atoms with Gasteiger partial charge in [-0.2, -0.15) is 4.98 Å². The van der Waals surface area contributed by atoms with Gasteiger partial charge in [-0.1, -0.05) is 11.6 Å². The lowest BCUT2D eigenvalue weighted by molar-refractivity contribution is 0.233. The summed E-state index contributed by atoms with van der Waals surface area (Å²) < 4.78 is 10.8. The predicted molar refractivity (Wildman–Crippen MR) is 66.0 cm³/mol. The Balaban J connectivity index is 2.30. The SMILES string of the molecule is CC(C)Oc1ncc(-c2nc(Br)no2)cc1Cl. The standard InChI is InChI=1S/C10H9BrClN3O2/c1-5(2)16-9-7(12)3-6(4-13-9)8-14-10(11)15-17-8/h3-5H,1-2H3. The topological polar surface area (TPSA) is 61.0 Å². The van der Waals surface area contributed by atoms with Crippen LogP contribution in [0.15, 0.2) is 21.5 Å². The molecular formula is C10H9BrClN3O2. The van der Waals surface area contributed by atoms with Crippen molar-refractivity contribution in [3.05, 3.63) is 22.0 Å². The van der Waals surface area contributed by atoms with Crippen LogP contribution in [-0.4, -0.2) is 21.2 Å². The summed E-state index contributed by atoms with van der Waals surface area (Å²) in [5.74, 6) is 0.742. The molecule has 2 rings (SSSR count). The maximum Gasteiger partial charge on any atom is 0.260 e. The number of aromatic nitrogens is 3. The van der Waals surface area contributed by atoms with Crippen LogP contribution in [0.25, 0.3) is 11.5 Å². The third-order valence-corrected chi connectivity index (χ3v) is 2.40. The zero-order chi connectivity index (χ0) is 12.4. The van der Waals surface area contributed by atoms with Crippen molar-refractivity contribution in [1.29, 1.82) is 0 Å². The zero-order valence-corrected chi connectivity index (χ0v) is 11.5. The molecule has 0 aromatic carbocycles. The van der Waals surface area contributed by atoms with Gasteiger partial charge in [0.05, 0.1) is 11.7 Å². The maximum absolute atomic E-state index is 6.04. The second-order valence-corrected chi connectivity index (χ2v) is 4.66. The van der Waals surface area contributed by atoms with Crippen LogP contribution in [0, 0.1) is 0 Å². The first-order valence-corrected chi connectivity index (χ1v) is 6.05. The van der Waals surface area contributed by atoms with Crippen LogP contribution in [0.3, 0.4) is 0 Å². The molecule has 0 aliphatic rings. The van der Waals surface area contributed by atoms with Crippen molar-refractivity contribution >= 4 is 27.5 Å². The summed E-state index contributed by atoms with van der Waals surface area (Å²) in [6.07, 6.45) is 1.59. The van der Waals surface area contributed by atoms with Crippen LogP contribution in [0.4, 0.5) is 0 Å². The first kappa shape index (κ1) is 12.3. The summed E-state index contributed by atoms with van der Waals surface area (Å²) in [5, 5.41) is 4.03. The molecule has 0 aliphatic heterocycles. The van der Waals surface area contributed by atoms with E-state index in [4.69, 9.17) is 20.9 Å². The minimum Gasteiger partial charge on any atom is -0.474 e. The molecular weight excluding hydrogens is 309 g/mol. The fraction of sp³-hybridized carbons (Fsp3) is 0.300. The number of ether oxygens (including phenoxy) is 1. The minimum absolute atomic E-state index is 0.0170. The molecule has 0 fully saturated rings. The van der Waals surface area contributed by atoms with Crippen LogP contribution in [0.2, 0.25) is 5.02 Å². The third-order valence-electron chi connectivity index (χ3n) is 1.80. The van der Waals surface area contributed by atoms with Gasteiger partial charge in [0.2, 0.25) is 10.6 Å². The van der Waals surface area contributed by atoms with Crippen LogP contribution < -0.4 is 4.74 Å². The molecule has 0 spiro atoms. The number of rotatable bonds is 3. The monoisotopic (exact) mass is 317 g/mol. The molecule has 7 heteroatoms. The van der Waals surface area contributed by atoms with E-state index in [1.807, 2.05) is 13.8 Å². The Morgan fingerprint density at radius 1 is 1.47 bits per heavy atom. The van der Waals surface area contributed by atoms with Gasteiger partial charge in [-0.15, -0.1) is 0 Å². The number of hydrogen-bond donors (Lipinski definition) is 0. The van der Waals surface area contributed by atoms with Gasteiger partial charge in [0, 0.05) is 6.20 Å². The molecule has 2 aromatic heterocycles. The van der Waals surface area contributed by atoms with Crippen molar-refractivity contribution in [2.75, 3.05) is 0 Å². The Labute approximate surface area is 111 Å². The van der Waals surface area contributed by atoms with Crippen molar-refractivity contribution in [3.8, 4) is 17.3 Å². The Morgan fingerprint density at radius 2 is 2.24 bits per heavy atom. The number of nitrogens with zero attached hydrogens (tertiary/aromatic N) is 3. The first-order chi connectivity index (χ1) is 8.06. The maximum atomic E-state index is 6.04. The van der Waals surface area contributed by atoms with E-state index in [-0.39, 0.29) is 6.10 Å². The summed E-state index contributed by atoms with van der Waals surface area (Å²) in [4.78, 5) is 8.12. The van der Waals surface area contributed by atoms with Gasteiger partial charge >= 0.3 is 0 Å². The van der Waals surface area contributed by atoms with Crippen LogP contribution >= 0.6 is 27.5 Å². The highest BCUT2D eigenvalue weighted by atomic mass is 79.9. The van der Waals surface area contributed by atoms with E-state index in [0.717, 1.165) is 0 Å². The number of halogens is 2. The summed E-state index contributed by atoms with van der Waals surface area (Å²) >= 11 is 9.14. The quantitative estimate of drug-likeness (QED) is 0.868. The van der Waals surface area contributed by atoms with Gasteiger partial charge in [0.1, 0.15) is 5.02 Å². The lowest BCUT2D eigenvalue weighted by Crippen LogP contribution is -2.07. The first-order valence-electron chi connectivity index (χ1n) is 4.88. The van der Waals surface area contributed by atoms with Gasteiger partial charge in [-0.25, -0.2) is 4.98 Å². The zero-order valence-electron chi connectivity index (χ0n) is 9.15. The molecule has 0 bridgehead atoms. The molecule has 0 aliphatic carbocycles. The van der Waals surface area contributed by atoms with E-state index in [1.54, 1.807) is 12.3 Å². The molecule has 0 unspecified atom stereocenters. The van der Waals surface area contributed by atoms with Gasteiger partial charge in [-0.05, 0) is 41.0 Å². The van der Waals surface area contributed by atoms with Crippen molar-refractivity contribution in [2.24, 2.45) is 0 Å². The lowest BCUT2D eigenvalue weighted by Gasteiger charge is -2.09. The fourth-order valence-electron chi connectivity index (χ4n) is 1.18. The smallest absolute Gasteiger partial charge is 0.260 e. The average Bonchev–Trinajstić information content (AvgIpc) is 2.67.